The predicted molar refractivity (Wildman–Crippen MR) is 89.5 cm³/mol. The largest absolute Gasteiger partial charge is 0.397 e. The van der Waals surface area contributed by atoms with Crippen molar-refractivity contribution < 1.29 is 8.42 Å². The van der Waals surface area contributed by atoms with Gasteiger partial charge in [0, 0.05) is 3.57 Å². The maximum atomic E-state index is 11.8. The fourth-order valence-corrected chi connectivity index (χ4v) is 2.91. The summed E-state index contributed by atoms with van der Waals surface area (Å²) in [6.07, 6.45) is 0. The van der Waals surface area contributed by atoms with Crippen LogP contribution in [0.4, 0.5) is 17.1 Å². The van der Waals surface area contributed by atoms with Crippen LogP contribution in [0.15, 0.2) is 47.4 Å². The molecule has 2 aromatic carbocycles. The van der Waals surface area contributed by atoms with E-state index in [9.17, 15) is 8.42 Å². The van der Waals surface area contributed by atoms with Crippen molar-refractivity contribution in [3.63, 3.8) is 0 Å². The molecule has 0 aliphatic carbocycles. The summed E-state index contributed by atoms with van der Waals surface area (Å²) >= 11 is 2.20. The van der Waals surface area contributed by atoms with Gasteiger partial charge in [0.25, 0.3) is 0 Å². The Morgan fingerprint density at radius 2 is 1.80 bits per heavy atom. The van der Waals surface area contributed by atoms with Gasteiger partial charge in [0.15, 0.2) is 0 Å². The lowest BCUT2D eigenvalue weighted by Gasteiger charge is -2.12. The molecule has 0 aromatic heterocycles. The van der Waals surface area contributed by atoms with Crippen LogP contribution in [0.5, 0.6) is 0 Å². The Hall–Kier alpha value is -1.32. The number of anilines is 3. The second-order valence-electron chi connectivity index (χ2n) is 4.06. The molecule has 4 N–H and O–H groups in total. The van der Waals surface area contributed by atoms with Gasteiger partial charge in [-0.25, -0.2) is 13.1 Å². The quantitative estimate of drug-likeness (QED) is 0.541. The molecule has 106 valence electrons. The number of hydrogen-bond donors (Lipinski definition) is 3. The van der Waals surface area contributed by atoms with Gasteiger partial charge in [0.1, 0.15) is 0 Å². The van der Waals surface area contributed by atoms with Crippen LogP contribution in [0.1, 0.15) is 0 Å². The molecule has 0 amide bonds. The highest BCUT2D eigenvalue weighted by Crippen LogP contribution is 2.28. The van der Waals surface area contributed by atoms with Crippen molar-refractivity contribution >= 4 is 49.7 Å². The van der Waals surface area contributed by atoms with E-state index >= 15 is 0 Å². The number of hydrogen-bond acceptors (Lipinski definition) is 4. The third kappa shape index (κ3) is 3.22. The van der Waals surface area contributed by atoms with Crippen molar-refractivity contribution in [3.8, 4) is 0 Å². The molecule has 0 radical (unpaired) electrons. The van der Waals surface area contributed by atoms with Crippen LogP contribution >= 0.6 is 22.6 Å². The summed E-state index contributed by atoms with van der Waals surface area (Å²) in [5.41, 5.74) is 7.81. The number of nitrogen functional groups attached to an aromatic ring is 1. The molecule has 0 atom stereocenters. The number of nitrogens with two attached hydrogens (primary N) is 1. The number of para-hydroxylation sites is 1. The Morgan fingerprint density at radius 3 is 2.45 bits per heavy atom. The number of halogens is 1. The third-order valence-electron chi connectivity index (χ3n) is 2.75. The Labute approximate surface area is 131 Å². The molecule has 0 saturated carbocycles. The highest BCUT2D eigenvalue weighted by molar-refractivity contribution is 14.1. The lowest BCUT2D eigenvalue weighted by molar-refractivity contribution is 0.588. The molecule has 0 aliphatic rings. The van der Waals surface area contributed by atoms with E-state index in [4.69, 9.17) is 5.73 Å². The van der Waals surface area contributed by atoms with Gasteiger partial charge in [0.2, 0.25) is 10.0 Å². The molecular weight excluding hydrogens is 389 g/mol. The summed E-state index contributed by atoms with van der Waals surface area (Å²) < 4.78 is 26.9. The number of rotatable bonds is 4. The van der Waals surface area contributed by atoms with E-state index in [1.807, 2.05) is 24.3 Å². The molecule has 0 unspecified atom stereocenters. The summed E-state index contributed by atoms with van der Waals surface area (Å²) in [6, 6.07) is 12.2. The molecule has 7 heteroatoms. The van der Waals surface area contributed by atoms with Crippen LogP contribution in [-0.4, -0.2) is 15.5 Å². The Morgan fingerprint density at radius 1 is 1.10 bits per heavy atom. The van der Waals surface area contributed by atoms with E-state index in [2.05, 4.69) is 32.6 Å². The molecular formula is C13H14IN3O2S. The Bertz CT molecular complexity index is 732. The van der Waals surface area contributed by atoms with Gasteiger partial charge in [-0.1, -0.05) is 12.1 Å². The van der Waals surface area contributed by atoms with Gasteiger partial charge in [-0.05, 0) is 60.0 Å². The van der Waals surface area contributed by atoms with Crippen molar-refractivity contribution in [3.05, 3.63) is 46.0 Å². The molecule has 0 bridgehead atoms. The second-order valence-corrected chi connectivity index (χ2v) is 7.11. The zero-order chi connectivity index (χ0) is 14.8. The summed E-state index contributed by atoms with van der Waals surface area (Å²) in [6.45, 7) is 0. The second kappa shape index (κ2) is 5.98. The van der Waals surface area contributed by atoms with E-state index in [0.29, 0.717) is 11.4 Å². The minimum absolute atomic E-state index is 0.169. The molecule has 2 rings (SSSR count). The average Bonchev–Trinajstić information content (AvgIpc) is 2.43. The molecule has 5 nitrogen and oxygen atoms in total. The molecule has 0 aliphatic heterocycles. The Balaban J connectivity index is 2.42. The lowest BCUT2D eigenvalue weighted by Crippen LogP contribution is -2.18. The van der Waals surface area contributed by atoms with Gasteiger partial charge in [-0.15, -0.1) is 0 Å². The van der Waals surface area contributed by atoms with Crippen LogP contribution in [-0.2, 0) is 10.0 Å². The molecule has 0 heterocycles. The van der Waals surface area contributed by atoms with Gasteiger partial charge < -0.3 is 11.1 Å². The molecule has 2 aromatic rings. The van der Waals surface area contributed by atoms with Gasteiger partial charge in [-0.2, -0.15) is 0 Å². The highest BCUT2D eigenvalue weighted by Gasteiger charge is 2.13. The van der Waals surface area contributed by atoms with Crippen LogP contribution < -0.4 is 15.8 Å². The molecule has 0 saturated heterocycles. The van der Waals surface area contributed by atoms with Gasteiger partial charge >= 0.3 is 0 Å². The number of sulfonamides is 1. The summed E-state index contributed by atoms with van der Waals surface area (Å²) in [5.74, 6) is 0. The highest BCUT2D eigenvalue weighted by atomic mass is 127. The zero-order valence-corrected chi connectivity index (χ0v) is 13.7. The molecule has 0 fully saturated rings. The topological polar surface area (TPSA) is 84.2 Å². The van der Waals surface area contributed by atoms with E-state index in [0.717, 1.165) is 9.26 Å². The first kappa shape index (κ1) is 15.1. The van der Waals surface area contributed by atoms with Gasteiger partial charge in [0.05, 0.1) is 22.0 Å². The first-order chi connectivity index (χ1) is 9.44. The first-order valence-electron chi connectivity index (χ1n) is 5.78. The van der Waals surface area contributed by atoms with Crippen LogP contribution in [0, 0.1) is 3.57 Å². The maximum Gasteiger partial charge on any atom is 0.240 e. The average molecular weight is 403 g/mol. The van der Waals surface area contributed by atoms with Crippen LogP contribution in [0.3, 0.4) is 0 Å². The maximum absolute atomic E-state index is 11.8. The standard InChI is InChI=1S/C13H14IN3O2S/c1-16-20(18,19)9-6-7-11(15)13(8-9)17-12-5-3-2-4-10(12)14/h2-8,16-17H,15H2,1H3. The van der Waals surface area contributed by atoms with Crippen LogP contribution in [0.2, 0.25) is 0 Å². The normalized spacial score (nSPS) is 11.3. The number of nitrogens with one attached hydrogen (secondary N) is 2. The SMILES string of the molecule is CNS(=O)(=O)c1ccc(N)c(Nc2ccccc2I)c1. The molecule has 20 heavy (non-hydrogen) atoms. The lowest BCUT2D eigenvalue weighted by atomic mass is 10.2. The molecule has 0 spiro atoms. The zero-order valence-electron chi connectivity index (χ0n) is 10.7. The predicted octanol–water partition coefficient (Wildman–Crippen LogP) is 2.53. The van der Waals surface area contributed by atoms with Crippen molar-refractivity contribution in [2.45, 2.75) is 4.90 Å². The van der Waals surface area contributed by atoms with Crippen molar-refractivity contribution in [1.82, 2.24) is 4.72 Å². The smallest absolute Gasteiger partial charge is 0.240 e. The third-order valence-corrected chi connectivity index (χ3v) is 5.10. The van der Waals surface area contributed by atoms with E-state index in [1.54, 1.807) is 6.07 Å². The van der Waals surface area contributed by atoms with E-state index in [-0.39, 0.29) is 4.90 Å². The van der Waals surface area contributed by atoms with Crippen LogP contribution in [0.25, 0.3) is 0 Å². The van der Waals surface area contributed by atoms with E-state index < -0.39 is 10.0 Å². The van der Waals surface area contributed by atoms with Crippen molar-refractivity contribution in [1.29, 1.82) is 0 Å². The summed E-state index contributed by atoms with van der Waals surface area (Å²) in [4.78, 5) is 0.169. The first-order valence-corrected chi connectivity index (χ1v) is 8.35. The van der Waals surface area contributed by atoms with Crippen molar-refractivity contribution in [2.24, 2.45) is 0 Å². The van der Waals surface area contributed by atoms with Crippen molar-refractivity contribution in [2.75, 3.05) is 18.1 Å². The minimum atomic E-state index is -3.49. The fraction of sp³-hybridized carbons (Fsp3) is 0.0769. The summed E-state index contributed by atoms with van der Waals surface area (Å²) in [5, 5.41) is 3.15. The van der Waals surface area contributed by atoms with Gasteiger partial charge in [-0.3, -0.25) is 0 Å². The van der Waals surface area contributed by atoms with E-state index in [1.165, 1.54) is 19.2 Å². The summed E-state index contributed by atoms with van der Waals surface area (Å²) in [7, 11) is -2.11. The fourth-order valence-electron chi connectivity index (χ4n) is 1.64. The minimum Gasteiger partial charge on any atom is -0.397 e. The number of benzene rings is 2. The Kier molecular flexibility index (Phi) is 4.51. The monoisotopic (exact) mass is 403 g/mol.